The monoisotopic (exact) mass is 283 g/mol. The third kappa shape index (κ3) is 2.87. The zero-order valence-electron chi connectivity index (χ0n) is 12.8. The number of hydrogen-bond acceptors (Lipinski definition) is 6. The predicted octanol–water partition coefficient (Wildman–Crippen LogP) is 2.17. The number of hydrogen-bond donors (Lipinski definition) is 1. The molecule has 2 rings (SSSR count). The van der Waals surface area contributed by atoms with Crippen molar-refractivity contribution < 1.29 is 14.0 Å². The van der Waals surface area contributed by atoms with Gasteiger partial charge >= 0.3 is 0 Å². The molecule has 1 saturated heterocycles. The van der Waals surface area contributed by atoms with Gasteiger partial charge in [0, 0.05) is 20.3 Å². The van der Waals surface area contributed by atoms with Crippen LogP contribution in [0.5, 0.6) is 0 Å². The maximum atomic E-state index is 5.90. The number of nitrogens with zero attached hydrogens (tertiary/aromatic N) is 2. The molecule has 1 aromatic rings. The van der Waals surface area contributed by atoms with E-state index in [4.69, 9.17) is 14.0 Å². The van der Waals surface area contributed by atoms with Gasteiger partial charge in [-0.1, -0.05) is 19.0 Å². The number of ether oxygens (including phenoxy) is 2. The van der Waals surface area contributed by atoms with Crippen LogP contribution in [0.3, 0.4) is 0 Å². The lowest BCUT2D eigenvalue weighted by Gasteiger charge is -2.27. The van der Waals surface area contributed by atoms with E-state index in [1.54, 1.807) is 7.11 Å². The van der Waals surface area contributed by atoms with Crippen molar-refractivity contribution in [3.63, 3.8) is 0 Å². The molecule has 6 nitrogen and oxygen atoms in total. The maximum Gasteiger partial charge on any atom is 0.243 e. The fourth-order valence-corrected chi connectivity index (χ4v) is 2.74. The van der Waals surface area contributed by atoms with Crippen LogP contribution in [-0.2, 0) is 15.1 Å². The lowest BCUT2D eigenvalue weighted by atomic mass is 9.96. The summed E-state index contributed by atoms with van der Waals surface area (Å²) < 4.78 is 16.7. The van der Waals surface area contributed by atoms with Crippen molar-refractivity contribution in [2.24, 2.45) is 0 Å². The van der Waals surface area contributed by atoms with Crippen LogP contribution in [0, 0.1) is 0 Å². The molecule has 1 aliphatic heterocycles. The highest BCUT2D eigenvalue weighted by Crippen LogP contribution is 2.32. The fourth-order valence-electron chi connectivity index (χ4n) is 2.74. The molecule has 1 aliphatic rings. The molecular formula is C14H25N3O3. The largest absolute Gasteiger partial charge is 0.380 e. The molecule has 0 aliphatic carbocycles. The number of nitrogens with one attached hydrogen (secondary N) is 1. The standard InChI is InChI=1S/C14H25N3O3/c1-5-14(6-2,19-7-3)13-16-12(20-17-13)11-8-10(18-4)9-15-11/h10-11,15H,5-9H2,1-4H3. The van der Waals surface area contributed by atoms with E-state index in [0.717, 1.165) is 25.8 Å². The molecule has 0 saturated carbocycles. The van der Waals surface area contributed by atoms with Crippen molar-refractivity contribution >= 4 is 0 Å². The summed E-state index contributed by atoms with van der Waals surface area (Å²) in [5.41, 5.74) is -0.435. The predicted molar refractivity (Wildman–Crippen MR) is 74.3 cm³/mol. The van der Waals surface area contributed by atoms with Gasteiger partial charge in [0.05, 0.1) is 12.1 Å². The van der Waals surface area contributed by atoms with Gasteiger partial charge in [0.2, 0.25) is 11.7 Å². The topological polar surface area (TPSA) is 69.4 Å². The Labute approximate surface area is 120 Å². The van der Waals surface area contributed by atoms with Crippen LogP contribution in [0.4, 0.5) is 0 Å². The average molecular weight is 283 g/mol. The Morgan fingerprint density at radius 2 is 2.10 bits per heavy atom. The summed E-state index contributed by atoms with van der Waals surface area (Å²) in [4.78, 5) is 4.57. The molecule has 0 amide bonds. The first-order valence-electron chi connectivity index (χ1n) is 7.43. The van der Waals surface area contributed by atoms with E-state index in [1.165, 1.54) is 0 Å². The first kappa shape index (κ1) is 15.4. The van der Waals surface area contributed by atoms with Crippen LogP contribution in [0.25, 0.3) is 0 Å². The molecule has 6 heteroatoms. The minimum absolute atomic E-state index is 0.0780. The first-order chi connectivity index (χ1) is 9.69. The number of methoxy groups -OCH3 is 1. The Morgan fingerprint density at radius 3 is 2.65 bits per heavy atom. The van der Waals surface area contributed by atoms with Crippen molar-refractivity contribution in [3.05, 3.63) is 11.7 Å². The van der Waals surface area contributed by atoms with Gasteiger partial charge in [0.1, 0.15) is 5.60 Å². The summed E-state index contributed by atoms with van der Waals surface area (Å²) in [6, 6.07) is 0.0780. The Balaban J connectivity index is 2.15. The quantitative estimate of drug-likeness (QED) is 0.827. The average Bonchev–Trinajstić information content (AvgIpc) is 3.13. The second-order valence-electron chi connectivity index (χ2n) is 5.14. The summed E-state index contributed by atoms with van der Waals surface area (Å²) in [5.74, 6) is 1.28. The molecule has 20 heavy (non-hydrogen) atoms. The van der Waals surface area contributed by atoms with E-state index in [1.807, 2.05) is 6.92 Å². The Kier molecular flexibility index (Phi) is 5.12. The molecule has 1 N–H and O–H groups in total. The summed E-state index contributed by atoms with van der Waals surface area (Å²) >= 11 is 0. The van der Waals surface area contributed by atoms with Crippen LogP contribution in [0.15, 0.2) is 4.52 Å². The van der Waals surface area contributed by atoms with E-state index in [-0.39, 0.29) is 12.1 Å². The molecule has 1 aromatic heterocycles. The van der Waals surface area contributed by atoms with E-state index < -0.39 is 5.60 Å². The summed E-state index contributed by atoms with van der Waals surface area (Å²) in [6.07, 6.45) is 2.73. The van der Waals surface area contributed by atoms with E-state index in [2.05, 4.69) is 29.3 Å². The fraction of sp³-hybridized carbons (Fsp3) is 0.857. The SMILES string of the molecule is CCOC(CC)(CC)c1noc(C2CC(OC)CN2)n1. The first-order valence-corrected chi connectivity index (χ1v) is 7.43. The molecule has 2 unspecified atom stereocenters. The third-order valence-corrected chi connectivity index (χ3v) is 4.13. The summed E-state index contributed by atoms with van der Waals surface area (Å²) in [5, 5.41) is 7.50. The van der Waals surface area contributed by atoms with Crippen LogP contribution in [-0.4, -0.2) is 36.5 Å². The van der Waals surface area contributed by atoms with Gasteiger partial charge in [-0.05, 0) is 26.2 Å². The van der Waals surface area contributed by atoms with Gasteiger partial charge in [-0.2, -0.15) is 4.98 Å². The van der Waals surface area contributed by atoms with Gasteiger partial charge in [0.25, 0.3) is 0 Å². The third-order valence-electron chi connectivity index (χ3n) is 4.13. The normalized spacial score (nSPS) is 23.4. The van der Waals surface area contributed by atoms with Crippen molar-refractivity contribution in [2.45, 2.75) is 57.8 Å². The van der Waals surface area contributed by atoms with Crippen molar-refractivity contribution in [3.8, 4) is 0 Å². The summed E-state index contributed by atoms with van der Waals surface area (Å²) in [7, 11) is 1.72. The minimum atomic E-state index is -0.435. The van der Waals surface area contributed by atoms with Crippen LogP contribution < -0.4 is 5.32 Å². The molecule has 0 radical (unpaired) electrons. The molecule has 1 fully saturated rings. The number of rotatable bonds is 7. The Bertz CT molecular complexity index is 418. The van der Waals surface area contributed by atoms with Crippen molar-refractivity contribution in [1.82, 2.24) is 15.5 Å². The van der Waals surface area contributed by atoms with Crippen molar-refractivity contribution in [2.75, 3.05) is 20.3 Å². The van der Waals surface area contributed by atoms with Gasteiger partial charge < -0.3 is 19.3 Å². The highest BCUT2D eigenvalue weighted by atomic mass is 16.5. The molecule has 114 valence electrons. The van der Waals surface area contributed by atoms with Gasteiger partial charge in [-0.15, -0.1) is 0 Å². The number of aromatic nitrogens is 2. The van der Waals surface area contributed by atoms with E-state index >= 15 is 0 Å². The van der Waals surface area contributed by atoms with Crippen LogP contribution in [0.1, 0.15) is 57.8 Å². The van der Waals surface area contributed by atoms with Crippen LogP contribution >= 0.6 is 0 Å². The van der Waals surface area contributed by atoms with Gasteiger partial charge in [0.15, 0.2) is 0 Å². The smallest absolute Gasteiger partial charge is 0.243 e. The van der Waals surface area contributed by atoms with Crippen LogP contribution in [0.2, 0.25) is 0 Å². The molecule has 2 atom stereocenters. The second kappa shape index (κ2) is 6.65. The molecule has 0 bridgehead atoms. The highest BCUT2D eigenvalue weighted by Gasteiger charge is 2.36. The zero-order chi connectivity index (χ0) is 14.6. The molecule has 2 heterocycles. The lowest BCUT2D eigenvalue weighted by Crippen LogP contribution is -2.30. The Morgan fingerprint density at radius 1 is 1.35 bits per heavy atom. The molecule has 0 aromatic carbocycles. The highest BCUT2D eigenvalue weighted by molar-refractivity contribution is 5.04. The van der Waals surface area contributed by atoms with E-state index in [9.17, 15) is 0 Å². The molecule has 0 spiro atoms. The summed E-state index contributed by atoms with van der Waals surface area (Å²) in [6.45, 7) is 7.62. The molecular weight excluding hydrogens is 258 g/mol. The maximum absolute atomic E-state index is 5.90. The minimum Gasteiger partial charge on any atom is -0.380 e. The van der Waals surface area contributed by atoms with Gasteiger partial charge in [-0.25, -0.2) is 0 Å². The Hall–Kier alpha value is -0.980. The van der Waals surface area contributed by atoms with Crippen molar-refractivity contribution in [1.29, 1.82) is 0 Å². The second-order valence-corrected chi connectivity index (χ2v) is 5.14. The van der Waals surface area contributed by atoms with Gasteiger partial charge in [-0.3, -0.25) is 0 Å². The zero-order valence-corrected chi connectivity index (χ0v) is 12.8. The lowest BCUT2D eigenvalue weighted by molar-refractivity contribution is -0.0583. The van der Waals surface area contributed by atoms with E-state index in [0.29, 0.717) is 18.3 Å².